The third kappa shape index (κ3) is 1.86. The molecule has 0 amide bonds. The maximum atomic E-state index is 11.0. The van der Waals surface area contributed by atoms with Gasteiger partial charge in [0.2, 0.25) is 0 Å². The zero-order valence-corrected chi connectivity index (χ0v) is 12.1. The molecule has 0 spiro atoms. The Hall–Kier alpha value is -2.81. The summed E-state index contributed by atoms with van der Waals surface area (Å²) in [5.41, 5.74) is 0.834. The van der Waals surface area contributed by atoms with Crippen molar-refractivity contribution in [2.24, 2.45) is 0 Å². The molecule has 3 heteroatoms. The van der Waals surface area contributed by atoms with Crippen molar-refractivity contribution in [2.75, 3.05) is 5.32 Å². The van der Waals surface area contributed by atoms with Gasteiger partial charge in [-0.2, -0.15) is 0 Å². The van der Waals surface area contributed by atoms with E-state index in [1.807, 2.05) is 12.1 Å². The minimum Gasteiger partial charge on any atom is -0.480 e. The third-order valence-electron chi connectivity index (χ3n) is 4.22. The minimum atomic E-state index is -0.856. The molecule has 0 saturated heterocycles. The van der Waals surface area contributed by atoms with Crippen molar-refractivity contribution in [2.45, 2.75) is 13.0 Å². The van der Waals surface area contributed by atoms with Crippen LogP contribution < -0.4 is 5.32 Å². The molecule has 22 heavy (non-hydrogen) atoms. The number of carboxylic acids is 1. The number of carbonyl (C=O) groups is 1. The molecule has 0 aliphatic rings. The Balaban J connectivity index is 1.99. The zero-order chi connectivity index (χ0) is 15.3. The fourth-order valence-electron chi connectivity index (χ4n) is 3.15. The SMILES string of the molecule is CC(Nc1cc2ccc3cccc4ccc(c1)c2c34)C(=O)O. The first-order valence-corrected chi connectivity index (χ1v) is 7.30. The number of hydrogen-bond acceptors (Lipinski definition) is 2. The van der Waals surface area contributed by atoms with Crippen LogP contribution in [0.25, 0.3) is 32.3 Å². The van der Waals surface area contributed by atoms with Gasteiger partial charge in [-0.3, -0.25) is 4.79 Å². The van der Waals surface area contributed by atoms with E-state index in [-0.39, 0.29) is 0 Å². The number of hydrogen-bond donors (Lipinski definition) is 2. The van der Waals surface area contributed by atoms with Gasteiger partial charge in [0.1, 0.15) is 6.04 Å². The molecule has 0 aromatic heterocycles. The Morgan fingerprint density at radius 1 is 0.909 bits per heavy atom. The van der Waals surface area contributed by atoms with Crippen LogP contribution in [0, 0.1) is 0 Å². The quantitative estimate of drug-likeness (QED) is 0.547. The van der Waals surface area contributed by atoms with Gasteiger partial charge in [-0.25, -0.2) is 0 Å². The highest BCUT2D eigenvalue weighted by molar-refractivity contribution is 6.23. The first kappa shape index (κ1) is 12.9. The Morgan fingerprint density at radius 2 is 1.41 bits per heavy atom. The van der Waals surface area contributed by atoms with E-state index >= 15 is 0 Å². The molecular weight excluding hydrogens is 274 g/mol. The van der Waals surface area contributed by atoms with Crippen LogP contribution in [0.4, 0.5) is 5.69 Å². The number of nitrogens with one attached hydrogen (secondary N) is 1. The van der Waals surface area contributed by atoms with Gasteiger partial charge in [-0.05, 0) is 51.4 Å². The van der Waals surface area contributed by atoms with Gasteiger partial charge in [0.05, 0.1) is 0 Å². The maximum absolute atomic E-state index is 11.0. The summed E-state index contributed by atoms with van der Waals surface area (Å²) in [6, 6.07) is 18.2. The predicted molar refractivity (Wildman–Crippen MR) is 90.9 cm³/mol. The minimum absolute atomic E-state index is 0.617. The van der Waals surface area contributed by atoms with Crippen molar-refractivity contribution >= 4 is 44.0 Å². The second-order valence-electron chi connectivity index (χ2n) is 5.71. The molecule has 0 radical (unpaired) electrons. The van der Waals surface area contributed by atoms with Gasteiger partial charge in [-0.1, -0.05) is 42.5 Å². The molecule has 1 atom stereocenters. The molecule has 4 rings (SSSR count). The molecule has 3 nitrogen and oxygen atoms in total. The largest absolute Gasteiger partial charge is 0.480 e. The van der Waals surface area contributed by atoms with Gasteiger partial charge < -0.3 is 10.4 Å². The second-order valence-corrected chi connectivity index (χ2v) is 5.71. The van der Waals surface area contributed by atoms with Gasteiger partial charge in [0.15, 0.2) is 0 Å². The van der Waals surface area contributed by atoms with Crippen LogP contribution >= 0.6 is 0 Å². The summed E-state index contributed by atoms with van der Waals surface area (Å²) in [5, 5.41) is 19.3. The number of rotatable bonds is 3. The lowest BCUT2D eigenvalue weighted by Crippen LogP contribution is -2.25. The number of anilines is 1. The number of aliphatic carboxylic acids is 1. The van der Waals surface area contributed by atoms with Gasteiger partial charge >= 0.3 is 5.97 Å². The summed E-state index contributed by atoms with van der Waals surface area (Å²) < 4.78 is 0. The summed E-state index contributed by atoms with van der Waals surface area (Å²) in [5.74, 6) is -0.856. The summed E-state index contributed by atoms with van der Waals surface area (Å²) in [4.78, 5) is 11.0. The van der Waals surface area contributed by atoms with Crippen molar-refractivity contribution in [3.63, 3.8) is 0 Å². The standard InChI is InChI=1S/C19H15NO2/c1-11(19(21)22)20-16-9-14-7-5-12-3-2-4-13-6-8-15(10-16)18(14)17(12)13/h2-11,20H,1H3,(H,21,22). The topological polar surface area (TPSA) is 49.3 Å². The summed E-state index contributed by atoms with van der Waals surface area (Å²) in [6.45, 7) is 1.65. The van der Waals surface area contributed by atoms with Crippen LogP contribution in [0.2, 0.25) is 0 Å². The van der Waals surface area contributed by atoms with Crippen LogP contribution in [-0.4, -0.2) is 17.1 Å². The molecule has 0 heterocycles. The van der Waals surface area contributed by atoms with Crippen molar-refractivity contribution < 1.29 is 9.90 Å². The van der Waals surface area contributed by atoms with E-state index in [9.17, 15) is 4.79 Å². The normalized spacial score (nSPS) is 13.0. The van der Waals surface area contributed by atoms with Gasteiger partial charge in [0.25, 0.3) is 0 Å². The van der Waals surface area contributed by atoms with E-state index in [0.717, 1.165) is 16.5 Å². The lowest BCUT2D eigenvalue weighted by Gasteiger charge is -2.15. The summed E-state index contributed by atoms with van der Waals surface area (Å²) in [7, 11) is 0. The summed E-state index contributed by atoms with van der Waals surface area (Å²) >= 11 is 0. The van der Waals surface area contributed by atoms with E-state index in [1.165, 1.54) is 21.5 Å². The first-order chi connectivity index (χ1) is 10.6. The molecule has 0 saturated carbocycles. The third-order valence-corrected chi connectivity index (χ3v) is 4.22. The Morgan fingerprint density at radius 3 is 1.95 bits per heavy atom. The molecule has 0 bridgehead atoms. The molecule has 4 aromatic carbocycles. The van der Waals surface area contributed by atoms with Crippen LogP contribution in [-0.2, 0) is 4.79 Å². The summed E-state index contributed by atoms with van der Waals surface area (Å²) in [6.07, 6.45) is 0. The zero-order valence-electron chi connectivity index (χ0n) is 12.1. The van der Waals surface area contributed by atoms with Crippen LogP contribution in [0.1, 0.15) is 6.92 Å². The van der Waals surface area contributed by atoms with Crippen LogP contribution in [0.3, 0.4) is 0 Å². The fraction of sp³-hybridized carbons (Fsp3) is 0.105. The van der Waals surface area contributed by atoms with Crippen molar-refractivity contribution in [3.05, 3.63) is 54.6 Å². The second kappa shape index (κ2) is 4.60. The predicted octanol–water partition coefficient (Wildman–Crippen LogP) is 4.47. The molecule has 0 aliphatic heterocycles. The fourth-order valence-corrected chi connectivity index (χ4v) is 3.15. The van der Waals surface area contributed by atoms with Crippen molar-refractivity contribution in [1.29, 1.82) is 0 Å². The average Bonchev–Trinajstić information content (AvgIpc) is 2.52. The lowest BCUT2D eigenvalue weighted by atomic mass is 9.94. The van der Waals surface area contributed by atoms with Crippen LogP contribution in [0.15, 0.2) is 54.6 Å². The van der Waals surface area contributed by atoms with Crippen LogP contribution in [0.5, 0.6) is 0 Å². The van der Waals surface area contributed by atoms with E-state index in [1.54, 1.807) is 6.92 Å². The highest BCUT2D eigenvalue weighted by Gasteiger charge is 2.13. The molecule has 4 aromatic rings. The molecule has 108 valence electrons. The highest BCUT2D eigenvalue weighted by Crippen LogP contribution is 2.36. The van der Waals surface area contributed by atoms with E-state index in [0.29, 0.717) is 0 Å². The smallest absolute Gasteiger partial charge is 0.325 e. The van der Waals surface area contributed by atoms with Gasteiger partial charge in [-0.15, -0.1) is 0 Å². The number of carboxylic acid groups (broad SMARTS) is 1. The molecule has 1 unspecified atom stereocenters. The number of benzene rings is 4. The molecule has 0 fully saturated rings. The average molecular weight is 289 g/mol. The maximum Gasteiger partial charge on any atom is 0.325 e. The van der Waals surface area contributed by atoms with E-state index < -0.39 is 12.0 Å². The van der Waals surface area contributed by atoms with Gasteiger partial charge in [0, 0.05) is 5.69 Å². The Kier molecular flexibility index (Phi) is 2.70. The molecule has 0 aliphatic carbocycles. The Labute approximate surface area is 127 Å². The van der Waals surface area contributed by atoms with Crippen molar-refractivity contribution in [1.82, 2.24) is 0 Å². The van der Waals surface area contributed by atoms with Crippen molar-refractivity contribution in [3.8, 4) is 0 Å². The van der Waals surface area contributed by atoms with E-state index in [2.05, 4.69) is 47.8 Å². The molecule has 2 N–H and O–H groups in total. The molecular formula is C19H15NO2. The monoisotopic (exact) mass is 289 g/mol. The highest BCUT2D eigenvalue weighted by atomic mass is 16.4. The lowest BCUT2D eigenvalue weighted by molar-refractivity contribution is -0.137. The first-order valence-electron chi connectivity index (χ1n) is 7.30. The van der Waals surface area contributed by atoms with E-state index in [4.69, 9.17) is 5.11 Å². The Bertz CT molecular complexity index is 942.